The van der Waals surface area contributed by atoms with Crippen molar-refractivity contribution in [1.29, 1.82) is 0 Å². The smallest absolute Gasteiger partial charge is 0.261 e. The van der Waals surface area contributed by atoms with E-state index in [1.807, 2.05) is 18.4 Å². The fourth-order valence-corrected chi connectivity index (χ4v) is 2.86. The van der Waals surface area contributed by atoms with E-state index >= 15 is 0 Å². The highest BCUT2D eigenvalue weighted by Gasteiger charge is 2.19. The topological polar surface area (TPSA) is 61.4 Å². The molecule has 1 heterocycles. The van der Waals surface area contributed by atoms with Gasteiger partial charge < -0.3 is 15.5 Å². The van der Waals surface area contributed by atoms with Gasteiger partial charge in [0.25, 0.3) is 5.91 Å². The van der Waals surface area contributed by atoms with Gasteiger partial charge in [0.05, 0.1) is 4.88 Å². The van der Waals surface area contributed by atoms with Crippen molar-refractivity contribution in [3.05, 3.63) is 22.4 Å². The molecule has 6 heteroatoms. The number of nitrogens with zero attached hydrogens (tertiary/aromatic N) is 1. The van der Waals surface area contributed by atoms with E-state index < -0.39 is 6.04 Å². The van der Waals surface area contributed by atoms with Gasteiger partial charge in [0.15, 0.2) is 0 Å². The van der Waals surface area contributed by atoms with E-state index in [2.05, 4.69) is 29.4 Å². The Kier molecular flexibility index (Phi) is 8.12. The molecule has 1 aromatic rings. The van der Waals surface area contributed by atoms with E-state index in [0.29, 0.717) is 4.88 Å². The predicted molar refractivity (Wildman–Crippen MR) is 91.3 cm³/mol. The number of hydrogen-bond acceptors (Lipinski definition) is 4. The largest absolute Gasteiger partial charge is 0.351 e. The van der Waals surface area contributed by atoms with Crippen LogP contribution in [0.25, 0.3) is 0 Å². The molecule has 0 unspecified atom stereocenters. The number of hydrogen-bond donors (Lipinski definition) is 2. The molecule has 0 aliphatic heterocycles. The fourth-order valence-electron chi connectivity index (χ4n) is 2.24. The Morgan fingerprint density at radius 2 is 2.00 bits per heavy atom. The number of likely N-dealkylation sites (N-methyl/N-ethyl adjacent to an activating group) is 1. The minimum absolute atomic E-state index is 0.0556. The lowest BCUT2D eigenvalue weighted by Gasteiger charge is -2.25. The summed E-state index contributed by atoms with van der Waals surface area (Å²) in [6.45, 7) is 10.8. The van der Waals surface area contributed by atoms with Crippen LogP contribution in [0.15, 0.2) is 17.5 Å². The molecule has 2 atom stereocenters. The van der Waals surface area contributed by atoms with Gasteiger partial charge >= 0.3 is 0 Å². The van der Waals surface area contributed by atoms with Crippen LogP contribution < -0.4 is 10.6 Å². The van der Waals surface area contributed by atoms with Crippen LogP contribution in [0.2, 0.25) is 0 Å². The van der Waals surface area contributed by atoms with Crippen LogP contribution >= 0.6 is 11.3 Å². The highest BCUT2D eigenvalue weighted by molar-refractivity contribution is 7.12. The Labute approximate surface area is 137 Å². The third-order valence-electron chi connectivity index (χ3n) is 3.39. The molecule has 1 rings (SSSR count). The molecule has 0 spiro atoms. The first-order valence-corrected chi connectivity index (χ1v) is 8.72. The van der Waals surface area contributed by atoms with Gasteiger partial charge in [0.1, 0.15) is 6.04 Å². The van der Waals surface area contributed by atoms with Crippen molar-refractivity contribution in [2.24, 2.45) is 0 Å². The van der Waals surface area contributed by atoms with E-state index in [0.717, 1.165) is 26.1 Å². The Morgan fingerprint density at radius 3 is 2.55 bits per heavy atom. The van der Waals surface area contributed by atoms with Gasteiger partial charge in [-0.3, -0.25) is 9.59 Å². The Bertz CT molecular complexity index is 462. The Hall–Kier alpha value is -1.40. The van der Waals surface area contributed by atoms with Crippen molar-refractivity contribution in [2.75, 3.05) is 19.6 Å². The molecule has 22 heavy (non-hydrogen) atoms. The van der Waals surface area contributed by atoms with Gasteiger partial charge in [0, 0.05) is 12.6 Å². The van der Waals surface area contributed by atoms with Crippen LogP contribution in [0.4, 0.5) is 0 Å². The number of carbonyl (C=O) groups is 2. The first-order chi connectivity index (χ1) is 10.5. The van der Waals surface area contributed by atoms with Gasteiger partial charge in [-0.1, -0.05) is 19.9 Å². The van der Waals surface area contributed by atoms with Crippen molar-refractivity contribution < 1.29 is 9.59 Å². The van der Waals surface area contributed by atoms with Gasteiger partial charge in [0.2, 0.25) is 5.91 Å². The first kappa shape index (κ1) is 18.6. The van der Waals surface area contributed by atoms with Crippen LogP contribution in [0.5, 0.6) is 0 Å². The summed E-state index contributed by atoms with van der Waals surface area (Å²) in [5.74, 6) is -0.351. The average molecular weight is 325 g/mol. The molecule has 1 aromatic heterocycles. The summed E-state index contributed by atoms with van der Waals surface area (Å²) in [7, 11) is 0. The van der Waals surface area contributed by atoms with Gasteiger partial charge in [-0.15, -0.1) is 11.3 Å². The highest BCUT2D eigenvalue weighted by Crippen LogP contribution is 2.08. The molecule has 0 saturated heterocycles. The summed E-state index contributed by atoms with van der Waals surface area (Å²) in [6, 6.07) is 3.08. The van der Waals surface area contributed by atoms with Crippen molar-refractivity contribution >= 4 is 23.2 Å². The fraction of sp³-hybridized carbons (Fsp3) is 0.625. The Balaban J connectivity index is 2.41. The summed E-state index contributed by atoms with van der Waals surface area (Å²) in [5.41, 5.74) is 0. The monoisotopic (exact) mass is 325 g/mol. The van der Waals surface area contributed by atoms with Crippen molar-refractivity contribution in [2.45, 2.75) is 46.2 Å². The molecule has 0 radical (unpaired) electrons. The van der Waals surface area contributed by atoms with Gasteiger partial charge in [-0.25, -0.2) is 0 Å². The minimum atomic E-state index is -0.543. The second-order valence-electron chi connectivity index (χ2n) is 5.48. The molecule has 0 aliphatic carbocycles. The summed E-state index contributed by atoms with van der Waals surface area (Å²) < 4.78 is 0. The molecule has 0 saturated carbocycles. The molecule has 5 nitrogen and oxygen atoms in total. The lowest BCUT2D eigenvalue weighted by molar-refractivity contribution is -0.123. The zero-order valence-corrected chi connectivity index (χ0v) is 14.7. The van der Waals surface area contributed by atoms with Crippen LogP contribution in [-0.4, -0.2) is 48.4 Å². The van der Waals surface area contributed by atoms with Crippen LogP contribution in [-0.2, 0) is 4.79 Å². The standard InChI is InChI=1S/C16H27N3O2S/c1-5-9-19(6-2)11-12(3)17-15(20)13(4)18-16(21)14-8-7-10-22-14/h7-8,10,12-13H,5-6,9,11H2,1-4H3,(H,17,20)(H,18,21)/t12-,13+/m1/s1. The summed E-state index contributed by atoms with van der Waals surface area (Å²) in [4.78, 5) is 27.0. The number of rotatable bonds is 9. The molecule has 0 fully saturated rings. The molecule has 0 aliphatic rings. The summed E-state index contributed by atoms with van der Waals surface area (Å²) in [5, 5.41) is 7.53. The Morgan fingerprint density at radius 1 is 1.27 bits per heavy atom. The third-order valence-corrected chi connectivity index (χ3v) is 4.26. The number of thiophene rings is 1. The SMILES string of the molecule is CCCN(CC)C[C@@H](C)NC(=O)[C@H](C)NC(=O)c1cccs1. The number of carbonyl (C=O) groups excluding carboxylic acids is 2. The molecule has 0 aromatic carbocycles. The average Bonchev–Trinajstić information content (AvgIpc) is 3.00. The van der Waals surface area contributed by atoms with Crippen molar-refractivity contribution in [1.82, 2.24) is 15.5 Å². The van der Waals surface area contributed by atoms with Crippen LogP contribution in [0, 0.1) is 0 Å². The summed E-state index contributed by atoms with van der Waals surface area (Å²) >= 11 is 1.37. The second kappa shape index (κ2) is 9.58. The lowest BCUT2D eigenvalue weighted by Crippen LogP contribution is -2.50. The lowest BCUT2D eigenvalue weighted by atomic mass is 10.2. The van der Waals surface area contributed by atoms with Crippen LogP contribution in [0.3, 0.4) is 0 Å². The molecule has 124 valence electrons. The van der Waals surface area contributed by atoms with E-state index in [1.165, 1.54) is 11.3 Å². The third kappa shape index (κ3) is 6.15. The number of nitrogens with one attached hydrogen (secondary N) is 2. The first-order valence-electron chi connectivity index (χ1n) is 7.85. The maximum absolute atomic E-state index is 12.1. The maximum atomic E-state index is 12.1. The predicted octanol–water partition coefficient (Wildman–Crippen LogP) is 2.10. The second-order valence-corrected chi connectivity index (χ2v) is 6.42. The maximum Gasteiger partial charge on any atom is 0.261 e. The molecular formula is C16H27N3O2S. The zero-order valence-electron chi connectivity index (χ0n) is 13.9. The molecule has 0 bridgehead atoms. The van der Waals surface area contributed by atoms with Crippen molar-refractivity contribution in [3.8, 4) is 0 Å². The van der Waals surface area contributed by atoms with Crippen LogP contribution in [0.1, 0.15) is 43.8 Å². The van der Waals surface area contributed by atoms with E-state index in [1.54, 1.807) is 13.0 Å². The quantitative estimate of drug-likeness (QED) is 0.731. The van der Waals surface area contributed by atoms with E-state index in [-0.39, 0.29) is 17.9 Å². The number of amides is 2. The minimum Gasteiger partial charge on any atom is -0.351 e. The molecule has 2 amide bonds. The summed E-state index contributed by atoms with van der Waals surface area (Å²) in [6.07, 6.45) is 1.10. The van der Waals surface area contributed by atoms with E-state index in [9.17, 15) is 9.59 Å². The zero-order chi connectivity index (χ0) is 16.5. The van der Waals surface area contributed by atoms with Gasteiger partial charge in [-0.05, 0) is 44.8 Å². The highest BCUT2D eigenvalue weighted by atomic mass is 32.1. The molecular weight excluding hydrogens is 298 g/mol. The normalized spacial score (nSPS) is 13.7. The van der Waals surface area contributed by atoms with Gasteiger partial charge in [-0.2, -0.15) is 0 Å². The van der Waals surface area contributed by atoms with E-state index in [4.69, 9.17) is 0 Å². The van der Waals surface area contributed by atoms with Crippen molar-refractivity contribution in [3.63, 3.8) is 0 Å². The molecule has 2 N–H and O–H groups in total.